The number of fused-ring (bicyclic) bond motifs is 2. The topological polar surface area (TPSA) is 64.4 Å². The number of para-hydroxylation sites is 1. The molecule has 5 heterocycles. The molecule has 2 atom stereocenters. The fourth-order valence-electron chi connectivity index (χ4n) is 4.74. The SMILES string of the molecule is S=C1N[C@H](c2ccccn2)[C@@H](c2cccn2-c2nc3ccccc3s2)N1c1ccc2c(c1)OCO2. The minimum atomic E-state index is -0.167. The van der Waals surface area contributed by atoms with Gasteiger partial charge in [-0.1, -0.05) is 29.5 Å². The first-order valence-electron chi connectivity index (χ1n) is 11.2. The number of thiazole rings is 1. The maximum atomic E-state index is 5.88. The van der Waals surface area contributed by atoms with Gasteiger partial charge < -0.3 is 19.7 Å². The Hall–Kier alpha value is -3.95. The Bertz CT molecular complexity index is 1530. The minimum Gasteiger partial charge on any atom is -0.454 e. The van der Waals surface area contributed by atoms with Gasteiger partial charge in [0.25, 0.3) is 0 Å². The van der Waals surface area contributed by atoms with Gasteiger partial charge in [-0.25, -0.2) is 4.98 Å². The highest BCUT2D eigenvalue weighted by molar-refractivity contribution is 7.80. The van der Waals surface area contributed by atoms with Crippen LogP contribution in [0.3, 0.4) is 0 Å². The number of nitrogens with one attached hydrogen (secondary N) is 1. The van der Waals surface area contributed by atoms with Gasteiger partial charge in [0.05, 0.1) is 27.6 Å². The van der Waals surface area contributed by atoms with Crippen LogP contribution in [0.4, 0.5) is 5.69 Å². The summed E-state index contributed by atoms with van der Waals surface area (Å²) in [5.41, 5.74) is 3.89. The predicted octanol–water partition coefficient (Wildman–Crippen LogP) is 5.39. The normalized spacial score (nSPS) is 18.9. The minimum absolute atomic E-state index is 0.155. The summed E-state index contributed by atoms with van der Waals surface area (Å²) in [5.74, 6) is 1.45. The van der Waals surface area contributed by atoms with Gasteiger partial charge in [0.2, 0.25) is 6.79 Å². The van der Waals surface area contributed by atoms with Crippen molar-refractivity contribution in [3.05, 3.63) is 96.6 Å². The number of anilines is 1. The van der Waals surface area contributed by atoms with Crippen molar-refractivity contribution in [2.75, 3.05) is 11.7 Å². The fraction of sp³-hybridized carbons (Fsp3) is 0.115. The molecule has 1 N–H and O–H groups in total. The van der Waals surface area contributed by atoms with Crippen LogP contribution in [-0.2, 0) is 0 Å². The van der Waals surface area contributed by atoms with E-state index in [-0.39, 0.29) is 18.9 Å². The van der Waals surface area contributed by atoms with Crippen LogP contribution >= 0.6 is 23.6 Å². The lowest BCUT2D eigenvalue weighted by Crippen LogP contribution is -2.30. The molecule has 2 aliphatic rings. The first-order valence-corrected chi connectivity index (χ1v) is 12.4. The van der Waals surface area contributed by atoms with E-state index in [9.17, 15) is 0 Å². The Morgan fingerprint density at radius 1 is 0.971 bits per heavy atom. The van der Waals surface area contributed by atoms with E-state index in [1.54, 1.807) is 11.3 Å². The molecule has 7 nitrogen and oxygen atoms in total. The molecule has 1 saturated heterocycles. The van der Waals surface area contributed by atoms with Crippen molar-refractivity contribution in [2.45, 2.75) is 12.1 Å². The molecule has 3 aromatic heterocycles. The third-order valence-corrected chi connectivity index (χ3v) is 7.65. The zero-order valence-corrected chi connectivity index (χ0v) is 20.0. The van der Waals surface area contributed by atoms with Gasteiger partial charge in [-0.3, -0.25) is 9.55 Å². The van der Waals surface area contributed by atoms with Crippen LogP contribution in [0, 0.1) is 0 Å². The number of nitrogens with zero attached hydrogens (tertiary/aromatic N) is 4. The largest absolute Gasteiger partial charge is 0.454 e. The van der Waals surface area contributed by atoms with E-state index in [2.05, 4.69) is 44.2 Å². The van der Waals surface area contributed by atoms with Crippen LogP contribution in [0.15, 0.2) is 85.2 Å². The van der Waals surface area contributed by atoms with Crippen LogP contribution in [0.1, 0.15) is 23.5 Å². The molecule has 0 spiro atoms. The highest BCUT2D eigenvalue weighted by atomic mass is 32.1. The van der Waals surface area contributed by atoms with Crippen molar-refractivity contribution < 1.29 is 9.47 Å². The van der Waals surface area contributed by atoms with Crippen molar-refractivity contribution in [1.29, 1.82) is 0 Å². The van der Waals surface area contributed by atoms with Crippen LogP contribution in [-0.4, -0.2) is 26.4 Å². The molecule has 0 amide bonds. The van der Waals surface area contributed by atoms with Crippen LogP contribution < -0.4 is 19.7 Å². The van der Waals surface area contributed by atoms with E-state index in [4.69, 9.17) is 26.7 Å². The molecule has 0 aliphatic carbocycles. The van der Waals surface area contributed by atoms with Gasteiger partial charge in [0.1, 0.15) is 6.04 Å². The summed E-state index contributed by atoms with van der Waals surface area (Å²) in [7, 11) is 0. The molecule has 5 aromatic rings. The van der Waals surface area contributed by atoms with Crippen LogP contribution in [0.5, 0.6) is 11.5 Å². The van der Waals surface area contributed by atoms with Gasteiger partial charge in [-0.15, -0.1) is 0 Å². The summed E-state index contributed by atoms with van der Waals surface area (Å²) in [6.07, 6.45) is 3.87. The quantitative estimate of drug-likeness (QED) is 0.334. The lowest BCUT2D eigenvalue weighted by atomic mass is 10.0. The number of thiocarbonyl (C=S) groups is 1. The fourth-order valence-corrected chi connectivity index (χ4v) is 6.06. The zero-order valence-electron chi connectivity index (χ0n) is 18.4. The number of hydrogen-bond donors (Lipinski definition) is 1. The number of ether oxygens (including phenoxy) is 2. The Balaban J connectivity index is 1.39. The third kappa shape index (κ3) is 3.35. The standard InChI is InChI=1S/C26H19N5O2S2/c34-25-29-23(18-7-3-4-12-27-18)24(31(25)16-10-11-20-21(14-16)33-15-32-20)19-8-5-13-30(19)26-28-17-6-1-2-9-22(17)35-26/h1-14,23-24H,15H2,(H,29,34)/t23-,24-/m1/s1. The molecule has 2 aromatic carbocycles. The van der Waals surface area contributed by atoms with Crippen molar-refractivity contribution >= 4 is 44.6 Å². The maximum absolute atomic E-state index is 5.88. The number of aromatic nitrogens is 3. The van der Waals surface area contributed by atoms with Crippen LogP contribution in [0.25, 0.3) is 15.3 Å². The van der Waals surface area contributed by atoms with Crippen molar-refractivity contribution in [3.63, 3.8) is 0 Å². The average Bonchev–Trinajstić information content (AvgIpc) is 3.68. The smallest absolute Gasteiger partial charge is 0.231 e. The Kier molecular flexibility index (Phi) is 4.71. The summed E-state index contributed by atoms with van der Waals surface area (Å²) in [6.45, 7) is 0.224. The van der Waals surface area contributed by atoms with E-state index in [0.29, 0.717) is 10.9 Å². The van der Waals surface area contributed by atoms with Crippen LogP contribution in [0.2, 0.25) is 0 Å². The number of rotatable bonds is 4. The molecular formula is C26H19N5O2S2. The summed E-state index contributed by atoms with van der Waals surface area (Å²) in [5, 5.41) is 5.06. The van der Waals surface area contributed by atoms with E-state index < -0.39 is 0 Å². The van der Waals surface area contributed by atoms with E-state index in [0.717, 1.165) is 38.2 Å². The van der Waals surface area contributed by atoms with Crippen molar-refractivity contribution in [2.24, 2.45) is 0 Å². The predicted molar refractivity (Wildman–Crippen MR) is 139 cm³/mol. The van der Waals surface area contributed by atoms with E-state index >= 15 is 0 Å². The Morgan fingerprint density at radius 2 is 1.86 bits per heavy atom. The molecule has 172 valence electrons. The summed E-state index contributed by atoms with van der Waals surface area (Å²) in [6, 6.07) is 23.9. The highest BCUT2D eigenvalue weighted by Crippen LogP contribution is 2.45. The van der Waals surface area contributed by atoms with Crippen molar-refractivity contribution in [1.82, 2.24) is 19.9 Å². The number of hydrogen-bond acceptors (Lipinski definition) is 6. The average molecular weight is 498 g/mol. The van der Waals surface area contributed by atoms with Gasteiger partial charge >= 0.3 is 0 Å². The summed E-state index contributed by atoms with van der Waals surface area (Å²) < 4.78 is 14.5. The number of benzene rings is 2. The summed E-state index contributed by atoms with van der Waals surface area (Å²) >= 11 is 7.55. The molecule has 0 bridgehead atoms. The van der Waals surface area contributed by atoms with Gasteiger partial charge in [-0.05, 0) is 60.7 Å². The van der Waals surface area contributed by atoms with Gasteiger partial charge in [-0.2, -0.15) is 0 Å². The first-order chi connectivity index (χ1) is 17.3. The molecule has 2 aliphatic heterocycles. The molecule has 0 saturated carbocycles. The van der Waals surface area contributed by atoms with Gasteiger partial charge in [0.15, 0.2) is 21.7 Å². The molecule has 9 heteroatoms. The second-order valence-electron chi connectivity index (χ2n) is 8.30. The molecule has 0 unspecified atom stereocenters. The lowest BCUT2D eigenvalue weighted by Gasteiger charge is -2.28. The van der Waals surface area contributed by atoms with Crippen molar-refractivity contribution in [3.8, 4) is 16.6 Å². The summed E-state index contributed by atoms with van der Waals surface area (Å²) in [4.78, 5) is 11.7. The molecule has 1 fully saturated rings. The van der Waals surface area contributed by atoms with Gasteiger partial charge in [0, 0.05) is 24.1 Å². The molecule has 7 rings (SSSR count). The second kappa shape index (κ2) is 8.07. The third-order valence-electron chi connectivity index (χ3n) is 6.30. The maximum Gasteiger partial charge on any atom is 0.231 e. The molecule has 35 heavy (non-hydrogen) atoms. The lowest BCUT2D eigenvalue weighted by molar-refractivity contribution is 0.174. The highest BCUT2D eigenvalue weighted by Gasteiger charge is 2.42. The second-order valence-corrected chi connectivity index (χ2v) is 9.70. The number of pyridine rings is 1. The zero-order chi connectivity index (χ0) is 23.4. The Morgan fingerprint density at radius 3 is 2.74 bits per heavy atom. The Labute approximate surface area is 210 Å². The molecule has 0 radical (unpaired) electrons. The first kappa shape index (κ1) is 20.4. The molecular weight excluding hydrogens is 478 g/mol. The monoisotopic (exact) mass is 497 g/mol. The van der Waals surface area contributed by atoms with E-state index in [1.807, 2.05) is 60.8 Å². The van der Waals surface area contributed by atoms with E-state index in [1.165, 1.54) is 0 Å².